The summed E-state index contributed by atoms with van der Waals surface area (Å²) in [5.74, 6) is 1.23. The Bertz CT molecular complexity index is 402. The van der Waals surface area contributed by atoms with Crippen LogP contribution >= 0.6 is 0 Å². The highest BCUT2D eigenvalue weighted by Gasteiger charge is 2.33. The molecule has 4 nitrogen and oxygen atoms in total. The molecule has 1 aliphatic heterocycles. The van der Waals surface area contributed by atoms with Crippen molar-refractivity contribution in [2.45, 2.75) is 59.2 Å². The van der Waals surface area contributed by atoms with Gasteiger partial charge in [-0.25, -0.2) is 4.79 Å². The zero-order valence-electron chi connectivity index (χ0n) is 15.5. The van der Waals surface area contributed by atoms with Crippen LogP contribution in [0.3, 0.4) is 0 Å². The number of rotatable bonds is 6. The Labute approximate surface area is 143 Å². The highest BCUT2D eigenvalue weighted by Crippen LogP contribution is 2.27. The third kappa shape index (κ3) is 6.87. The fraction of sp³-hybridized carbons (Fsp3) is 0.941. The van der Waals surface area contributed by atoms with Crippen LogP contribution in [0.4, 0.5) is 18.0 Å². The minimum Gasteiger partial charge on any atom is -0.336 e. The van der Waals surface area contributed by atoms with Crippen LogP contribution in [0.1, 0.15) is 47.5 Å². The van der Waals surface area contributed by atoms with Crippen LogP contribution in [-0.2, 0) is 0 Å². The Hall–Kier alpha value is -0.980. The number of nitrogens with one attached hydrogen (secondary N) is 1. The molecule has 0 aromatic carbocycles. The first-order valence-corrected chi connectivity index (χ1v) is 8.79. The molecule has 0 aromatic rings. The minimum absolute atomic E-state index is 0.220. The molecule has 0 bridgehead atoms. The summed E-state index contributed by atoms with van der Waals surface area (Å²) in [7, 11) is 0. The Kier molecular flexibility index (Phi) is 7.38. The van der Waals surface area contributed by atoms with E-state index in [1.165, 1.54) is 11.3 Å². The van der Waals surface area contributed by atoms with E-state index in [4.69, 9.17) is 0 Å². The van der Waals surface area contributed by atoms with Crippen LogP contribution in [0.15, 0.2) is 0 Å². The van der Waals surface area contributed by atoms with Gasteiger partial charge in [0.05, 0.1) is 6.42 Å². The fourth-order valence-corrected chi connectivity index (χ4v) is 3.34. The molecule has 24 heavy (non-hydrogen) atoms. The topological polar surface area (TPSA) is 35.6 Å². The molecule has 0 aromatic heterocycles. The maximum atomic E-state index is 12.3. The number of carbonyl (C=O) groups excluding carboxylic acids is 1. The molecular weight excluding hydrogens is 319 g/mol. The molecule has 2 amide bonds. The second-order valence-electron chi connectivity index (χ2n) is 7.77. The van der Waals surface area contributed by atoms with Gasteiger partial charge in [-0.15, -0.1) is 0 Å². The summed E-state index contributed by atoms with van der Waals surface area (Å²) in [6.07, 6.45) is -4.01. The molecule has 142 valence electrons. The van der Waals surface area contributed by atoms with Crippen molar-refractivity contribution in [1.82, 2.24) is 15.1 Å². The van der Waals surface area contributed by atoms with Crippen molar-refractivity contribution in [2.24, 2.45) is 11.8 Å². The Morgan fingerprint density at radius 1 is 1.21 bits per heavy atom. The minimum atomic E-state index is -4.24. The lowest BCUT2D eigenvalue weighted by atomic mass is 9.88. The van der Waals surface area contributed by atoms with E-state index < -0.39 is 18.6 Å². The van der Waals surface area contributed by atoms with Gasteiger partial charge in [-0.1, -0.05) is 13.8 Å². The van der Waals surface area contributed by atoms with E-state index in [1.54, 1.807) is 6.92 Å². The van der Waals surface area contributed by atoms with E-state index in [0.717, 1.165) is 13.1 Å². The molecule has 1 fully saturated rings. The van der Waals surface area contributed by atoms with E-state index in [-0.39, 0.29) is 18.6 Å². The summed E-state index contributed by atoms with van der Waals surface area (Å²) in [5.41, 5.74) is -0.220. The number of piperidine rings is 1. The van der Waals surface area contributed by atoms with Gasteiger partial charge in [0.15, 0.2) is 0 Å². The molecule has 2 atom stereocenters. The van der Waals surface area contributed by atoms with Crippen LogP contribution in [0.2, 0.25) is 0 Å². The van der Waals surface area contributed by atoms with Gasteiger partial charge >= 0.3 is 12.2 Å². The van der Waals surface area contributed by atoms with Crippen LogP contribution in [0.5, 0.6) is 0 Å². The molecule has 1 rings (SSSR count). The van der Waals surface area contributed by atoms with Gasteiger partial charge in [0.25, 0.3) is 0 Å². The van der Waals surface area contributed by atoms with Gasteiger partial charge in [0.1, 0.15) is 0 Å². The predicted octanol–water partition coefficient (Wildman–Crippen LogP) is 3.73. The molecule has 0 saturated carbocycles. The molecule has 7 heteroatoms. The third-order valence-corrected chi connectivity index (χ3v) is 4.73. The second kappa shape index (κ2) is 8.41. The molecule has 1 aliphatic rings. The van der Waals surface area contributed by atoms with Crippen LogP contribution < -0.4 is 5.32 Å². The first-order chi connectivity index (χ1) is 10.9. The molecule has 0 aliphatic carbocycles. The molecule has 1 saturated heterocycles. The standard InChI is InChI=1S/C17H32F3N3O/c1-6-22(8-7-17(18,19)20)15(24)21-12-16(4,5)23-10-13(2)9-14(3)11-23/h13-14H,6-12H2,1-5H3,(H,21,24). The zero-order chi connectivity index (χ0) is 18.5. The Morgan fingerprint density at radius 2 is 1.75 bits per heavy atom. The van der Waals surface area contributed by atoms with Gasteiger partial charge in [0, 0.05) is 38.3 Å². The maximum Gasteiger partial charge on any atom is 0.390 e. The number of carbonyl (C=O) groups is 1. The van der Waals surface area contributed by atoms with Crippen LogP contribution in [0, 0.1) is 11.8 Å². The van der Waals surface area contributed by atoms with Gasteiger partial charge in [-0.2, -0.15) is 13.2 Å². The number of urea groups is 1. The lowest BCUT2D eigenvalue weighted by Gasteiger charge is -2.45. The predicted molar refractivity (Wildman–Crippen MR) is 89.9 cm³/mol. The monoisotopic (exact) mass is 351 g/mol. The molecule has 0 radical (unpaired) electrons. The average molecular weight is 351 g/mol. The van der Waals surface area contributed by atoms with Gasteiger partial charge in [0.2, 0.25) is 0 Å². The largest absolute Gasteiger partial charge is 0.390 e. The van der Waals surface area contributed by atoms with Crippen molar-refractivity contribution >= 4 is 6.03 Å². The molecule has 0 spiro atoms. The molecule has 1 N–H and O–H groups in total. The summed E-state index contributed by atoms with van der Waals surface area (Å²) in [5, 5.41) is 2.82. The van der Waals surface area contributed by atoms with E-state index in [1.807, 2.05) is 0 Å². The first kappa shape index (κ1) is 21.1. The lowest BCUT2D eigenvalue weighted by molar-refractivity contribution is -0.136. The smallest absolute Gasteiger partial charge is 0.336 e. The zero-order valence-corrected chi connectivity index (χ0v) is 15.5. The molecular formula is C17H32F3N3O. The van der Waals surface area contributed by atoms with Gasteiger partial charge in [-0.05, 0) is 39.0 Å². The summed E-state index contributed by atoms with van der Waals surface area (Å²) in [6.45, 7) is 12.7. The van der Waals surface area contributed by atoms with Crippen LogP contribution in [0.25, 0.3) is 0 Å². The summed E-state index contributed by atoms with van der Waals surface area (Å²) < 4.78 is 37.0. The van der Waals surface area contributed by atoms with Crippen LogP contribution in [-0.4, -0.2) is 60.3 Å². The van der Waals surface area contributed by atoms with Crippen molar-refractivity contribution in [3.8, 4) is 0 Å². The van der Waals surface area contributed by atoms with E-state index >= 15 is 0 Å². The number of hydrogen-bond donors (Lipinski definition) is 1. The molecule has 2 unspecified atom stereocenters. The maximum absolute atomic E-state index is 12.3. The van der Waals surface area contributed by atoms with E-state index in [2.05, 4.69) is 37.9 Å². The third-order valence-electron chi connectivity index (χ3n) is 4.73. The number of hydrogen-bond acceptors (Lipinski definition) is 2. The Balaban J connectivity index is 2.53. The SMILES string of the molecule is CCN(CCC(F)(F)F)C(=O)NCC(C)(C)N1CC(C)CC(C)C1. The molecule has 1 heterocycles. The highest BCUT2D eigenvalue weighted by atomic mass is 19.4. The normalized spacial score (nSPS) is 23.2. The van der Waals surface area contributed by atoms with E-state index in [9.17, 15) is 18.0 Å². The second-order valence-corrected chi connectivity index (χ2v) is 7.77. The average Bonchev–Trinajstić information content (AvgIpc) is 2.43. The lowest BCUT2D eigenvalue weighted by Crippen LogP contribution is -2.57. The van der Waals surface area contributed by atoms with Crippen molar-refractivity contribution in [3.63, 3.8) is 0 Å². The quantitative estimate of drug-likeness (QED) is 0.791. The Morgan fingerprint density at radius 3 is 2.21 bits per heavy atom. The number of halogens is 3. The van der Waals surface area contributed by atoms with Gasteiger partial charge in [-0.3, -0.25) is 4.90 Å². The fourth-order valence-electron chi connectivity index (χ4n) is 3.34. The highest BCUT2D eigenvalue weighted by molar-refractivity contribution is 5.74. The number of alkyl halides is 3. The summed E-state index contributed by atoms with van der Waals surface area (Å²) in [4.78, 5) is 15.8. The van der Waals surface area contributed by atoms with Crippen molar-refractivity contribution in [3.05, 3.63) is 0 Å². The number of likely N-dealkylation sites (tertiary alicyclic amines) is 1. The van der Waals surface area contributed by atoms with E-state index in [0.29, 0.717) is 18.4 Å². The van der Waals surface area contributed by atoms with Crippen molar-refractivity contribution in [1.29, 1.82) is 0 Å². The number of nitrogens with zero attached hydrogens (tertiary/aromatic N) is 2. The first-order valence-electron chi connectivity index (χ1n) is 8.79. The number of amides is 2. The summed E-state index contributed by atoms with van der Waals surface area (Å²) in [6, 6.07) is -0.423. The summed E-state index contributed by atoms with van der Waals surface area (Å²) >= 11 is 0. The van der Waals surface area contributed by atoms with Gasteiger partial charge < -0.3 is 10.2 Å². The van der Waals surface area contributed by atoms with Crippen molar-refractivity contribution in [2.75, 3.05) is 32.7 Å². The van der Waals surface area contributed by atoms with Crippen molar-refractivity contribution < 1.29 is 18.0 Å².